The quantitative estimate of drug-likeness (QED) is 0.683. The van der Waals surface area contributed by atoms with Crippen molar-refractivity contribution in [1.29, 1.82) is 5.26 Å². The first kappa shape index (κ1) is 17.4. The molecule has 6 heteroatoms. The van der Waals surface area contributed by atoms with E-state index in [2.05, 4.69) is 5.10 Å². The van der Waals surface area contributed by atoms with E-state index in [1.165, 1.54) is 35.4 Å². The highest BCUT2D eigenvalue weighted by Crippen LogP contribution is 2.18. The maximum absolute atomic E-state index is 13.2. The van der Waals surface area contributed by atoms with Crippen molar-refractivity contribution in [1.82, 2.24) is 9.78 Å². The van der Waals surface area contributed by atoms with Crippen LogP contribution >= 0.6 is 0 Å². The number of nitriles is 1. The molecule has 3 rings (SSSR count). The van der Waals surface area contributed by atoms with E-state index in [9.17, 15) is 9.18 Å². The van der Waals surface area contributed by atoms with Crippen LogP contribution in [0.5, 0.6) is 0 Å². The first-order valence-electron chi connectivity index (χ1n) is 8.18. The van der Waals surface area contributed by atoms with Crippen molar-refractivity contribution in [2.75, 3.05) is 11.4 Å². The molecule has 1 heterocycles. The molecule has 3 aromatic rings. The summed E-state index contributed by atoms with van der Waals surface area (Å²) in [5, 5.41) is 13.1. The zero-order valence-corrected chi connectivity index (χ0v) is 14.0. The van der Waals surface area contributed by atoms with Crippen LogP contribution in [0.2, 0.25) is 0 Å². The standard InChI is InChI=1S/C20H17FN4O/c21-18-7-9-19(10-8-18)25(12-4-11-22)20(26)17-13-23-24(15-17)14-16-5-2-1-3-6-16/h1-3,5-10,13,15H,4,12,14H2. The predicted octanol–water partition coefficient (Wildman–Crippen LogP) is 3.63. The minimum absolute atomic E-state index is 0.182. The Morgan fingerprint density at radius 1 is 1.15 bits per heavy atom. The lowest BCUT2D eigenvalue weighted by atomic mass is 10.2. The minimum atomic E-state index is -0.378. The summed E-state index contributed by atoms with van der Waals surface area (Å²) in [7, 11) is 0. The number of halogens is 1. The average Bonchev–Trinajstić information content (AvgIpc) is 3.12. The molecule has 1 amide bonds. The number of anilines is 1. The average molecular weight is 348 g/mol. The lowest BCUT2D eigenvalue weighted by Crippen LogP contribution is -2.31. The van der Waals surface area contributed by atoms with Gasteiger partial charge in [0.05, 0.1) is 30.8 Å². The van der Waals surface area contributed by atoms with E-state index in [1.807, 2.05) is 36.4 Å². The second-order valence-electron chi connectivity index (χ2n) is 5.75. The highest BCUT2D eigenvalue weighted by Gasteiger charge is 2.19. The molecule has 0 N–H and O–H groups in total. The molecule has 0 fully saturated rings. The van der Waals surface area contributed by atoms with E-state index < -0.39 is 0 Å². The molecule has 0 spiro atoms. The van der Waals surface area contributed by atoms with Gasteiger partial charge in [-0.25, -0.2) is 4.39 Å². The molecule has 0 atom stereocenters. The summed E-state index contributed by atoms with van der Waals surface area (Å²) in [5.74, 6) is -0.650. The van der Waals surface area contributed by atoms with Crippen molar-refractivity contribution in [3.05, 3.63) is 83.9 Å². The van der Waals surface area contributed by atoms with E-state index in [1.54, 1.807) is 10.9 Å². The number of hydrogen-bond acceptors (Lipinski definition) is 3. The van der Waals surface area contributed by atoms with Crippen LogP contribution in [-0.4, -0.2) is 22.2 Å². The number of aromatic nitrogens is 2. The summed E-state index contributed by atoms with van der Waals surface area (Å²) < 4.78 is 14.9. The molecule has 0 saturated carbocycles. The van der Waals surface area contributed by atoms with E-state index >= 15 is 0 Å². The van der Waals surface area contributed by atoms with Crippen LogP contribution in [0, 0.1) is 17.1 Å². The summed E-state index contributed by atoms with van der Waals surface area (Å²) in [6.07, 6.45) is 3.37. The van der Waals surface area contributed by atoms with Crippen LogP contribution in [0.3, 0.4) is 0 Å². The molecule has 0 bridgehead atoms. The fourth-order valence-electron chi connectivity index (χ4n) is 2.62. The molecular formula is C20H17FN4O. The molecule has 0 unspecified atom stereocenters. The van der Waals surface area contributed by atoms with Crippen LogP contribution in [0.15, 0.2) is 67.0 Å². The maximum atomic E-state index is 13.2. The van der Waals surface area contributed by atoms with Crippen LogP contribution in [0.4, 0.5) is 10.1 Å². The molecular weight excluding hydrogens is 331 g/mol. The largest absolute Gasteiger partial charge is 0.307 e. The summed E-state index contributed by atoms with van der Waals surface area (Å²) in [4.78, 5) is 14.3. The molecule has 0 aliphatic rings. The van der Waals surface area contributed by atoms with Gasteiger partial charge in [0.1, 0.15) is 5.82 Å². The lowest BCUT2D eigenvalue weighted by Gasteiger charge is -2.21. The normalized spacial score (nSPS) is 10.3. The fourth-order valence-corrected chi connectivity index (χ4v) is 2.62. The molecule has 0 aliphatic heterocycles. The molecule has 130 valence electrons. The Labute approximate surface area is 150 Å². The topological polar surface area (TPSA) is 61.9 Å². The zero-order chi connectivity index (χ0) is 18.4. The number of nitrogens with zero attached hydrogens (tertiary/aromatic N) is 4. The van der Waals surface area contributed by atoms with Crippen molar-refractivity contribution in [2.24, 2.45) is 0 Å². The lowest BCUT2D eigenvalue weighted by molar-refractivity contribution is 0.0987. The van der Waals surface area contributed by atoms with E-state index in [4.69, 9.17) is 5.26 Å². The Balaban J connectivity index is 1.80. The minimum Gasteiger partial charge on any atom is -0.307 e. The van der Waals surface area contributed by atoms with Gasteiger partial charge in [0.2, 0.25) is 0 Å². The number of benzene rings is 2. The second-order valence-corrected chi connectivity index (χ2v) is 5.75. The van der Waals surface area contributed by atoms with Gasteiger partial charge in [-0.3, -0.25) is 9.48 Å². The number of hydrogen-bond donors (Lipinski definition) is 0. The number of rotatable bonds is 6. The molecule has 0 radical (unpaired) electrons. The summed E-state index contributed by atoms with van der Waals surface area (Å²) >= 11 is 0. The van der Waals surface area contributed by atoms with Gasteiger partial charge in [-0.05, 0) is 29.8 Å². The van der Waals surface area contributed by atoms with Gasteiger partial charge in [0.25, 0.3) is 5.91 Å². The molecule has 1 aromatic heterocycles. The van der Waals surface area contributed by atoms with Crippen molar-refractivity contribution >= 4 is 11.6 Å². The Morgan fingerprint density at radius 2 is 1.88 bits per heavy atom. The van der Waals surface area contributed by atoms with Crippen LogP contribution in [0.1, 0.15) is 22.3 Å². The van der Waals surface area contributed by atoms with Crippen molar-refractivity contribution in [3.63, 3.8) is 0 Å². The Bertz CT molecular complexity index is 913. The SMILES string of the molecule is N#CCCN(C(=O)c1cnn(Cc2ccccc2)c1)c1ccc(F)cc1. The fraction of sp³-hybridized carbons (Fsp3) is 0.150. The third kappa shape index (κ3) is 4.14. The second kappa shape index (κ2) is 8.08. The summed E-state index contributed by atoms with van der Waals surface area (Å²) in [6, 6.07) is 17.5. The van der Waals surface area contributed by atoms with Gasteiger partial charge < -0.3 is 4.90 Å². The van der Waals surface area contributed by atoms with Crippen LogP contribution < -0.4 is 4.90 Å². The van der Waals surface area contributed by atoms with Crippen molar-refractivity contribution in [2.45, 2.75) is 13.0 Å². The monoisotopic (exact) mass is 348 g/mol. The Morgan fingerprint density at radius 3 is 2.58 bits per heavy atom. The van der Waals surface area contributed by atoms with Gasteiger partial charge in [0, 0.05) is 18.4 Å². The summed E-state index contributed by atoms with van der Waals surface area (Å²) in [6.45, 7) is 0.785. The number of carbonyl (C=O) groups is 1. The number of amides is 1. The first-order chi connectivity index (χ1) is 12.7. The van der Waals surface area contributed by atoms with Gasteiger partial charge in [-0.1, -0.05) is 30.3 Å². The van der Waals surface area contributed by atoms with Crippen molar-refractivity contribution in [3.8, 4) is 6.07 Å². The first-order valence-corrected chi connectivity index (χ1v) is 8.18. The van der Waals surface area contributed by atoms with E-state index in [0.29, 0.717) is 17.8 Å². The molecule has 26 heavy (non-hydrogen) atoms. The Kier molecular flexibility index (Phi) is 5.40. The highest BCUT2D eigenvalue weighted by atomic mass is 19.1. The van der Waals surface area contributed by atoms with E-state index in [0.717, 1.165) is 5.56 Å². The third-order valence-electron chi connectivity index (χ3n) is 3.90. The highest BCUT2D eigenvalue weighted by molar-refractivity contribution is 6.05. The number of carbonyl (C=O) groups excluding carboxylic acids is 1. The van der Waals surface area contributed by atoms with Gasteiger partial charge in [0.15, 0.2) is 0 Å². The van der Waals surface area contributed by atoms with Gasteiger partial charge in [-0.15, -0.1) is 0 Å². The molecule has 0 aliphatic carbocycles. The van der Waals surface area contributed by atoms with Crippen LogP contribution in [-0.2, 0) is 6.54 Å². The summed E-state index contributed by atoms with van der Waals surface area (Å²) in [5.41, 5.74) is 2.04. The maximum Gasteiger partial charge on any atom is 0.261 e. The zero-order valence-electron chi connectivity index (χ0n) is 14.0. The molecule has 2 aromatic carbocycles. The van der Waals surface area contributed by atoms with Gasteiger partial charge >= 0.3 is 0 Å². The van der Waals surface area contributed by atoms with Crippen LogP contribution in [0.25, 0.3) is 0 Å². The molecule has 0 saturated heterocycles. The van der Waals surface area contributed by atoms with Gasteiger partial charge in [-0.2, -0.15) is 10.4 Å². The smallest absolute Gasteiger partial charge is 0.261 e. The Hall–Kier alpha value is -3.46. The van der Waals surface area contributed by atoms with E-state index in [-0.39, 0.29) is 24.7 Å². The van der Waals surface area contributed by atoms with Crippen molar-refractivity contribution < 1.29 is 9.18 Å². The third-order valence-corrected chi connectivity index (χ3v) is 3.90. The predicted molar refractivity (Wildman–Crippen MR) is 96.1 cm³/mol. The molecule has 5 nitrogen and oxygen atoms in total.